The number of hydrogen-bond donors (Lipinski definition) is 1. The molecule has 2 atom stereocenters. The van der Waals surface area contributed by atoms with Crippen molar-refractivity contribution < 1.29 is 5.11 Å². The topological polar surface area (TPSA) is 23.5 Å². The smallest absolute Gasteiger partial charge is 0.0693 e. The fourth-order valence-corrected chi connectivity index (χ4v) is 2.37. The summed E-state index contributed by atoms with van der Waals surface area (Å²) in [4.78, 5) is 2.33. The molecule has 0 aromatic heterocycles. The van der Waals surface area contributed by atoms with Gasteiger partial charge in [-0.3, -0.25) is 4.90 Å². The van der Waals surface area contributed by atoms with E-state index in [1.807, 2.05) is 0 Å². The zero-order valence-corrected chi connectivity index (χ0v) is 11.2. The Morgan fingerprint density at radius 1 is 1.38 bits per heavy atom. The first-order valence-corrected chi connectivity index (χ1v) is 6.59. The molecule has 0 bridgehead atoms. The van der Waals surface area contributed by atoms with Gasteiger partial charge >= 0.3 is 0 Å². The van der Waals surface area contributed by atoms with Crippen LogP contribution >= 0.6 is 15.9 Å². The predicted molar refractivity (Wildman–Crippen MR) is 69.2 cm³/mol. The molecule has 1 fully saturated rings. The summed E-state index contributed by atoms with van der Waals surface area (Å²) in [7, 11) is 0. The standard InChI is InChI=1S/C13H18BrNO/c1-10-6-7-15(9-13(10)16)8-11-2-4-12(14)5-3-11/h2-5,10,13,16H,6-9H2,1H3. The molecule has 0 radical (unpaired) electrons. The molecular formula is C13H18BrNO. The molecule has 2 unspecified atom stereocenters. The molecule has 1 aliphatic rings. The van der Waals surface area contributed by atoms with Gasteiger partial charge in [0.15, 0.2) is 0 Å². The maximum atomic E-state index is 9.82. The summed E-state index contributed by atoms with van der Waals surface area (Å²) in [5.41, 5.74) is 1.31. The van der Waals surface area contributed by atoms with Crippen LogP contribution < -0.4 is 0 Å². The molecule has 0 amide bonds. The zero-order valence-electron chi connectivity index (χ0n) is 9.56. The SMILES string of the molecule is CC1CCN(Cc2ccc(Br)cc2)CC1O. The van der Waals surface area contributed by atoms with Crippen LogP contribution in [0.5, 0.6) is 0 Å². The summed E-state index contributed by atoms with van der Waals surface area (Å²) in [6, 6.07) is 8.40. The van der Waals surface area contributed by atoms with Crippen molar-refractivity contribution in [3.63, 3.8) is 0 Å². The van der Waals surface area contributed by atoms with Crippen molar-refractivity contribution in [2.45, 2.75) is 26.0 Å². The van der Waals surface area contributed by atoms with Gasteiger partial charge < -0.3 is 5.11 Å². The maximum Gasteiger partial charge on any atom is 0.0693 e. The molecule has 1 heterocycles. The van der Waals surface area contributed by atoms with E-state index in [2.05, 4.69) is 52.0 Å². The minimum atomic E-state index is -0.163. The number of nitrogens with zero attached hydrogens (tertiary/aromatic N) is 1. The lowest BCUT2D eigenvalue weighted by Gasteiger charge is -2.34. The first-order valence-electron chi connectivity index (χ1n) is 5.80. The molecule has 1 aromatic rings. The monoisotopic (exact) mass is 283 g/mol. The van der Waals surface area contributed by atoms with Gasteiger partial charge in [0, 0.05) is 17.6 Å². The lowest BCUT2D eigenvalue weighted by atomic mass is 9.96. The van der Waals surface area contributed by atoms with Crippen LogP contribution in [0.3, 0.4) is 0 Å². The van der Waals surface area contributed by atoms with Gasteiger partial charge in [-0.15, -0.1) is 0 Å². The van der Waals surface area contributed by atoms with E-state index < -0.39 is 0 Å². The molecule has 1 N–H and O–H groups in total. The third-order valence-corrected chi connectivity index (χ3v) is 3.85. The van der Waals surface area contributed by atoms with Gasteiger partial charge in [-0.05, 0) is 36.6 Å². The fraction of sp³-hybridized carbons (Fsp3) is 0.538. The Balaban J connectivity index is 1.93. The van der Waals surface area contributed by atoms with Crippen LogP contribution in [0.25, 0.3) is 0 Å². The van der Waals surface area contributed by atoms with Crippen LogP contribution in [-0.4, -0.2) is 29.2 Å². The van der Waals surface area contributed by atoms with E-state index >= 15 is 0 Å². The highest BCUT2D eigenvalue weighted by molar-refractivity contribution is 9.10. The van der Waals surface area contributed by atoms with Gasteiger partial charge in [-0.25, -0.2) is 0 Å². The number of aliphatic hydroxyl groups excluding tert-OH is 1. The number of halogens is 1. The molecular weight excluding hydrogens is 266 g/mol. The number of piperidine rings is 1. The van der Waals surface area contributed by atoms with Crippen molar-refractivity contribution in [3.05, 3.63) is 34.3 Å². The average Bonchev–Trinajstić information content (AvgIpc) is 2.27. The van der Waals surface area contributed by atoms with E-state index in [0.717, 1.165) is 30.5 Å². The van der Waals surface area contributed by atoms with E-state index in [0.29, 0.717) is 5.92 Å². The van der Waals surface area contributed by atoms with Crippen LogP contribution in [0.2, 0.25) is 0 Å². The normalized spacial score (nSPS) is 26.9. The second-order valence-electron chi connectivity index (χ2n) is 4.69. The quantitative estimate of drug-likeness (QED) is 0.902. The Kier molecular flexibility index (Phi) is 4.00. The molecule has 0 saturated carbocycles. The fourth-order valence-electron chi connectivity index (χ4n) is 2.11. The van der Waals surface area contributed by atoms with Crippen LogP contribution in [0.4, 0.5) is 0 Å². The van der Waals surface area contributed by atoms with Crippen molar-refractivity contribution in [2.24, 2.45) is 5.92 Å². The molecule has 16 heavy (non-hydrogen) atoms. The highest BCUT2D eigenvalue weighted by Gasteiger charge is 2.23. The molecule has 0 spiro atoms. The first kappa shape index (κ1) is 12.1. The van der Waals surface area contributed by atoms with Crippen LogP contribution in [0.1, 0.15) is 18.9 Å². The summed E-state index contributed by atoms with van der Waals surface area (Å²) in [5.74, 6) is 0.446. The molecule has 1 aromatic carbocycles. The second-order valence-corrected chi connectivity index (χ2v) is 5.61. The van der Waals surface area contributed by atoms with Gasteiger partial charge in [0.1, 0.15) is 0 Å². The summed E-state index contributed by atoms with van der Waals surface area (Å²) in [6.07, 6.45) is 0.932. The Morgan fingerprint density at radius 2 is 2.06 bits per heavy atom. The largest absolute Gasteiger partial charge is 0.392 e. The van der Waals surface area contributed by atoms with E-state index in [9.17, 15) is 5.11 Å². The Bertz CT molecular complexity index is 338. The van der Waals surface area contributed by atoms with Crippen molar-refractivity contribution in [2.75, 3.05) is 13.1 Å². The predicted octanol–water partition coefficient (Wildman–Crippen LogP) is 2.65. The summed E-state index contributed by atoms with van der Waals surface area (Å²) in [6.45, 7) is 4.96. The Morgan fingerprint density at radius 3 is 2.69 bits per heavy atom. The maximum absolute atomic E-state index is 9.82. The van der Waals surface area contributed by atoms with E-state index in [1.165, 1.54) is 5.56 Å². The number of likely N-dealkylation sites (tertiary alicyclic amines) is 1. The molecule has 2 rings (SSSR count). The minimum Gasteiger partial charge on any atom is -0.392 e. The summed E-state index contributed by atoms with van der Waals surface area (Å²) in [5, 5.41) is 9.82. The van der Waals surface area contributed by atoms with E-state index in [-0.39, 0.29) is 6.10 Å². The molecule has 1 saturated heterocycles. The summed E-state index contributed by atoms with van der Waals surface area (Å²) >= 11 is 3.43. The van der Waals surface area contributed by atoms with Crippen LogP contribution in [0.15, 0.2) is 28.7 Å². The van der Waals surface area contributed by atoms with E-state index in [1.54, 1.807) is 0 Å². The first-order chi connectivity index (χ1) is 7.65. The average molecular weight is 284 g/mol. The highest BCUT2D eigenvalue weighted by Crippen LogP contribution is 2.19. The highest BCUT2D eigenvalue weighted by atomic mass is 79.9. The van der Waals surface area contributed by atoms with Crippen molar-refractivity contribution in [1.29, 1.82) is 0 Å². The second kappa shape index (κ2) is 5.30. The number of aliphatic hydroxyl groups is 1. The van der Waals surface area contributed by atoms with Crippen molar-refractivity contribution in [3.8, 4) is 0 Å². The van der Waals surface area contributed by atoms with Gasteiger partial charge in [0.25, 0.3) is 0 Å². The molecule has 3 heteroatoms. The van der Waals surface area contributed by atoms with Gasteiger partial charge in [-0.1, -0.05) is 35.0 Å². The lowest BCUT2D eigenvalue weighted by molar-refractivity contribution is 0.0259. The molecule has 88 valence electrons. The number of β-amino-alcohol motifs (C(OH)–C–C–N with tert-alkyl or cyclic N) is 1. The molecule has 2 nitrogen and oxygen atoms in total. The lowest BCUT2D eigenvalue weighted by Crippen LogP contribution is -2.42. The van der Waals surface area contributed by atoms with Crippen LogP contribution in [-0.2, 0) is 6.54 Å². The minimum absolute atomic E-state index is 0.163. The van der Waals surface area contributed by atoms with Crippen LogP contribution in [0, 0.1) is 5.92 Å². The Hall–Kier alpha value is -0.380. The number of rotatable bonds is 2. The third-order valence-electron chi connectivity index (χ3n) is 3.32. The van der Waals surface area contributed by atoms with Crippen molar-refractivity contribution in [1.82, 2.24) is 4.90 Å². The Labute approximate surface area is 105 Å². The summed E-state index contributed by atoms with van der Waals surface area (Å²) < 4.78 is 1.11. The van der Waals surface area contributed by atoms with Gasteiger partial charge in [0.05, 0.1) is 6.10 Å². The third kappa shape index (κ3) is 3.06. The zero-order chi connectivity index (χ0) is 11.5. The number of benzene rings is 1. The molecule has 1 aliphatic heterocycles. The van der Waals surface area contributed by atoms with Gasteiger partial charge in [0.2, 0.25) is 0 Å². The molecule has 0 aliphatic carbocycles. The number of hydrogen-bond acceptors (Lipinski definition) is 2. The van der Waals surface area contributed by atoms with Crippen molar-refractivity contribution >= 4 is 15.9 Å². The van der Waals surface area contributed by atoms with E-state index in [4.69, 9.17) is 0 Å². The van der Waals surface area contributed by atoms with Gasteiger partial charge in [-0.2, -0.15) is 0 Å².